The van der Waals surface area contributed by atoms with Gasteiger partial charge in [0.25, 0.3) is 6.43 Å². The maximum absolute atomic E-state index is 13.8. The number of anilines is 3. The van der Waals surface area contributed by atoms with Crippen molar-refractivity contribution in [2.24, 2.45) is 5.92 Å². The number of carbonyl (C=O) groups is 1. The lowest BCUT2D eigenvalue weighted by molar-refractivity contribution is -0.117. The van der Waals surface area contributed by atoms with Crippen molar-refractivity contribution in [3.05, 3.63) is 35.7 Å². The van der Waals surface area contributed by atoms with Crippen LogP contribution in [0.25, 0.3) is 11.2 Å². The Morgan fingerprint density at radius 1 is 1.26 bits per heavy atom. The number of fused-ring (bicyclic) bond motifs is 1. The second kappa shape index (κ2) is 10.8. The number of hydrogen-bond donors (Lipinski definition) is 2. The summed E-state index contributed by atoms with van der Waals surface area (Å²) in [5.41, 5.74) is 3.28. The first kappa shape index (κ1) is 25.1. The van der Waals surface area contributed by atoms with E-state index >= 15 is 0 Å². The van der Waals surface area contributed by atoms with Crippen LogP contribution in [0.4, 0.5) is 26.0 Å². The van der Waals surface area contributed by atoms with E-state index < -0.39 is 6.43 Å². The first-order valence-corrected chi connectivity index (χ1v) is 16.7. The van der Waals surface area contributed by atoms with Gasteiger partial charge in [-0.1, -0.05) is 6.07 Å². The number of thioether (sulfide) groups is 1. The molecule has 2 aliphatic rings. The van der Waals surface area contributed by atoms with E-state index in [1.54, 1.807) is 17.8 Å². The number of carbonyl (C=O) groups excluding carboxylic acids is 1. The number of nitrogens with one attached hydrogen (secondary N) is 2. The van der Waals surface area contributed by atoms with Gasteiger partial charge in [0.15, 0.2) is 11.5 Å². The lowest BCUT2D eigenvalue weighted by Crippen LogP contribution is -2.15. The molecule has 3 heterocycles. The Bertz CT molecular complexity index is 1250. The van der Waals surface area contributed by atoms with Crippen molar-refractivity contribution in [3.8, 4) is 0 Å². The highest BCUT2D eigenvalue weighted by molar-refractivity contribution is 14.2. The molecule has 5 rings (SSSR count). The fraction of sp³-hybridized carbons (Fsp3) is 0.435. The first-order chi connectivity index (χ1) is 17.0. The molecule has 0 bridgehead atoms. The van der Waals surface area contributed by atoms with Gasteiger partial charge in [-0.3, -0.25) is 9.13 Å². The number of ether oxygens (including phenoxy) is 1. The van der Waals surface area contributed by atoms with Crippen molar-refractivity contribution in [1.82, 2.24) is 14.3 Å². The fourth-order valence-corrected chi connectivity index (χ4v) is 6.73. The molecular weight excluding hydrogens is 606 g/mol. The van der Waals surface area contributed by atoms with Gasteiger partial charge in [0.2, 0.25) is 5.91 Å². The Labute approximate surface area is 220 Å². The summed E-state index contributed by atoms with van der Waals surface area (Å²) in [6, 6.07) is 7.94. The average Bonchev–Trinajstić information content (AvgIpc) is 3.65. The number of rotatable bonds is 8. The quantitative estimate of drug-likeness (QED) is 0.161. The van der Waals surface area contributed by atoms with E-state index in [1.165, 1.54) is 9.90 Å². The minimum Gasteiger partial charge on any atom is -0.381 e. The smallest absolute Gasteiger partial charge is 0.295 e. The molecule has 1 saturated heterocycles. The largest absolute Gasteiger partial charge is 0.381 e. The average molecular weight is 631 g/mol. The number of pyridine rings is 1. The molecule has 186 valence electrons. The number of alkyl halides is 2. The van der Waals surface area contributed by atoms with Crippen LogP contribution >= 0.6 is 40.2 Å². The summed E-state index contributed by atoms with van der Waals surface area (Å²) in [5.74, 6) is 0.274. The van der Waals surface area contributed by atoms with Gasteiger partial charge >= 0.3 is 0 Å². The van der Waals surface area contributed by atoms with Gasteiger partial charge in [-0.2, -0.15) is 0 Å². The third kappa shape index (κ3) is 5.42. The van der Waals surface area contributed by atoms with E-state index in [0.29, 0.717) is 28.6 Å². The summed E-state index contributed by atoms with van der Waals surface area (Å²) in [5, 5.41) is 6.25. The summed E-state index contributed by atoms with van der Waals surface area (Å²) in [4.78, 5) is 22.2. The summed E-state index contributed by atoms with van der Waals surface area (Å²) in [6.07, 6.45) is 3.13. The molecule has 2 fully saturated rings. The molecule has 7 nitrogen and oxygen atoms in total. The molecule has 1 aliphatic heterocycles. The predicted octanol–water partition coefficient (Wildman–Crippen LogP) is 6.87. The SMILES string of the molecule is CSc1cc(C2CCCOC2)ccc1Nc1cc(NC(=O)C2CC2)nc2c1nc(C(F)F)n2PI. The second-order valence-electron chi connectivity index (χ2n) is 8.68. The summed E-state index contributed by atoms with van der Waals surface area (Å²) < 4.78 is 34.6. The molecule has 2 N–H and O–H groups in total. The maximum atomic E-state index is 13.8. The minimum atomic E-state index is -2.73. The Balaban J connectivity index is 1.54. The lowest BCUT2D eigenvalue weighted by Gasteiger charge is -2.23. The van der Waals surface area contributed by atoms with Crippen LogP contribution in [0.5, 0.6) is 0 Å². The molecule has 1 saturated carbocycles. The molecule has 0 spiro atoms. The van der Waals surface area contributed by atoms with Crippen LogP contribution in [0.15, 0.2) is 29.2 Å². The van der Waals surface area contributed by atoms with Crippen LogP contribution < -0.4 is 10.6 Å². The van der Waals surface area contributed by atoms with Gasteiger partial charge in [0.1, 0.15) is 11.3 Å². The van der Waals surface area contributed by atoms with E-state index in [9.17, 15) is 13.6 Å². The highest BCUT2D eigenvalue weighted by Gasteiger charge is 2.30. The van der Waals surface area contributed by atoms with E-state index in [2.05, 4.69) is 32.7 Å². The van der Waals surface area contributed by atoms with Gasteiger partial charge < -0.3 is 15.4 Å². The zero-order valence-electron chi connectivity index (χ0n) is 19.0. The molecule has 2 unspecified atom stereocenters. The number of imidazole rings is 1. The zero-order valence-corrected chi connectivity index (χ0v) is 23.0. The highest BCUT2D eigenvalue weighted by Crippen LogP contribution is 2.40. The molecule has 3 aromatic rings. The Morgan fingerprint density at radius 2 is 2.09 bits per heavy atom. The topological polar surface area (TPSA) is 81.1 Å². The minimum absolute atomic E-state index is 0.00343. The van der Waals surface area contributed by atoms with E-state index in [0.717, 1.165) is 49.5 Å². The maximum Gasteiger partial charge on any atom is 0.295 e. The van der Waals surface area contributed by atoms with Crippen LogP contribution in [0.2, 0.25) is 0 Å². The number of halogens is 3. The molecule has 12 heteroatoms. The molecule has 1 aromatic carbocycles. The van der Waals surface area contributed by atoms with Crippen molar-refractivity contribution in [2.75, 3.05) is 30.1 Å². The van der Waals surface area contributed by atoms with Gasteiger partial charge in [-0.25, -0.2) is 18.7 Å². The van der Waals surface area contributed by atoms with Crippen molar-refractivity contribution < 1.29 is 18.3 Å². The number of hydrogen-bond acceptors (Lipinski definition) is 6. The Hall–Kier alpha value is -1.56. The molecule has 35 heavy (non-hydrogen) atoms. The summed E-state index contributed by atoms with van der Waals surface area (Å²) in [6.45, 7) is 1.54. The molecule has 0 radical (unpaired) electrons. The van der Waals surface area contributed by atoms with Crippen LogP contribution in [0, 0.1) is 5.92 Å². The van der Waals surface area contributed by atoms with Gasteiger partial charge in [-0.15, -0.1) is 11.8 Å². The molecular formula is C23H25F2IN5O2PS. The third-order valence-corrected chi connectivity index (χ3v) is 9.08. The third-order valence-electron chi connectivity index (χ3n) is 6.25. The van der Waals surface area contributed by atoms with Crippen molar-refractivity contribution in [2.45, 2.75) is 42.9 Å². The van der Waals surface area contributed by atoms with Gasteiger partial charge in [-0.05, 0) is 71.7 Å². The van der Waals surface area contributed by atoms with Gasteiger partial charge in [0, 0.05) is 29.4 Å². The van der Waals surface area contributed by atoms with Gasteiger partial charge in [0.05, 0.1) is 24.4 Å². The summed E-state index contributed by atoms with van der Waals surface area (Å²) >= 11 is 3.65. The fourth-order valence-electron chi connectivity index (χ4n) is 4.24. The number of aromatic nitrogens is 3. The second-order valence-corrected chi connectivity index (χ2v) is 11.6. The normalized spacial score (nSPS) is 18.6. The first-order valence-electron chi connectivity index (χ1n) is 11.4. The number of benzene rings is 1. The summed E-state index contributed by atoms with van der Waals surface area (Å²) in [7, 11) is 0. The predicted molar refractivity (Wildman–Crippen MR) is 146 cm³/mol. The Morgan fingerprint density at radius 3 is 2.74 bits per heavy atom. The number of amides is 1. The molecule has 2 atom stereocenters. The monoisotopic (exact) mass is 631 g/mol. The molecule has 2 aromatic heterocycles. The van der Waals surface area contributed by atoms with Crippen LogP contribution in [-0.2, 0) is 9.53 Å². The van der Waals surface area contributed by atoms with E-state index in [-0.39, 0.29) is 24.0 Å². The van der Waals surface area contributed by atoms with E-state index in [4.69, 9.17) is 4.74 Å². The van der Waals surface area contributed by atoms with Crippen LogP contribution in [-0.4, -0.2) is 39.7 Å². The zero-order chi connectivity index (χ0) is 24.5. The van der Waals surface area contributed by atoms with Crippen molar-refractivity contribution in [3.63, 3.8) is 0 Å². The van der Waals surface area contributed by atoms with E-state index in [1.807, 2.05) is 34.4 Å². The van der Waals surface area contributed by atoms with Crippen LogP contribution in [0.3, 0.4) is 0 Å². The van der Waals surface area contributed by atoms with Crippen molar-refractivity contribution in [1.29, 1.82) is 0 Å². The highest BCUT2D eigenvalue weighted by atomic mass is 127. The number of nitrogens with zero attached hydrogens (tertiary/aromatic N) is 3. The molecule has 1 amide bonds. The van der Waals surface area contributed by atoms with Crippen molar-refractivity contribution >= 4 is 74.4 Å². The Kier molecular flexibility index (Phi) is 7.76. The standard InChI is InChI=1S/C23H25F2IN5O2PS/c1-35-17-9-13(14-3-2-8-33-11-14)6-7-15(17)27-16-10-18(29-23(32)12-4-5-12)28-21-19(16)30-22(20(24)25)31(21)34-26/h6-7,9-10,12,14,20,34H,2-5,8,11H2,1H3,(H2,27,28,29,32). The van der Waals surface area contributed by atoms with Crippen LogP contribution in [0.1, 0.15) is 49.4 Å². The molecule has 1 aliphatic carbocycles. The lowest BCUT2D eigenvalue weighted by atomic mass is 9.93.